The summed E-state index contributed by atoms with van der Waals surface area (Å²) in [6.45, 7) is 2.66. The molecule has 2 aromatic rings. The highest BCUT2D eigenvalue weighted by molar-refractivity contribution is 7.99. The Morgan fingerprint density at radius 2 is 2.22 bits per heavy atom. The normalized spacial score (nSPS) is 17.6. The lowest BCUT2D eigenvalue weighted by Gasteiger charge is -2.33. The van der Waals surface area contributed by atoms with Crippen LogP contribution in [0.15, 0.2) is 35.4 Å². The second-order valence-electron chi connectivity index (χ2n) is 5.96. The molecule has 0 spiro atoms. The van der Waals surface area contributed by atoms with Crippen molar-refractivity contribution in [1.82, 2.24) is 20.4 Å². The lowest BCUT2D eigenvalue weighted by atomic mass is 10.2. The van der Waals surface area contributed by atoms with Crippen LogP contribution < -0.4 is 5.32 Å². The van der Waals surface area contributed by atoms with Crippen molar-refractivity contribution in [3.8, 4) is 0 Å². The van der Waals surface area contributed by atoms with Crippen molar-refractivity contribution >= 4 is 53.1 Å². The molecule has 0 saturated carbocycles. The number of rotatable bonds is 6. The molecule has 0 bridgehead atoms. The highest BCUT2D eigenvalue weighted by Gasteiger charge is 2.22. The van der Waals surface area contributed by atoms with E-state index in [1.807, 2.05) is 12.1 Å². The fourth-order valence-corrected chi connectivity index (χ4v) is 3.67. The second kappa shape index (κ2) is 9.86. The van der Waals surface area contributed by atoms with E-state index in [9.17, 15) is 4.79 Å². The first-order valence-corrected chi connectivity index (χ1v) is 10.4. The van der Waals surface area contributed by atoms with Gasteiger partial charge in [0.1, 0.15) is 15.9 Å². The summed E-state index contributed by atoms with van der Waals surface area (Å²) in [5, 5.41) is 11.5. The fraction of sp³-hybridized carbons (Fsp3) is 0.353. The van der Waals surface area contributed by atoms with Gasteiger partial charge in [-0.15, -0.1) is 0 Å². The summed E-state index contributed by atoms with van der Waals surface area (Å²) in [5.74, 6) is 0.148. The summed E-state index contributed by atoms with van der Waals surface area (Å²) in [5.41, 5.74) is 1.07. The molecule has 0 radical (unpaired) electrons. The number of aromatic amines is 1. The van der Waals surface area contributed by atoms with Crippen LogP contribution in [-0.2, 0) is 16.1 Å². The third kappa shape index (κ3) is 6.44. The molecule has 1 aliphatic heterocycles. The van der Waals surface area contributed by atoms with E-state index in [0.29, 0.717) is 39.4 Å². The number of nitrogens with zero attached hydrogens (tertiary/aromatic N) is 2. The zero-order chi connectivity index (χ0) is 19.2. The molecule has 1 saturated heterocycles. The smallest absolute Gasteiger partial charge is 0.232 e. The summed E-state index contributed by atoms with van der Waals surface area (Å²) in [6, 6.07) is 9.13. The van der Waals surface area contributed by atoms with Gasteiger partial charge in [0.05, 0.1) is 22.4 Å². The van der Waals surface area contributed by atoms with Crippen LogP contribution >= 0.6 is 47.2 Å². The van der Waals surface area contributed by atoms with Crippen LogP contribution in [0.3, 0.4) is 0 Å². The predicted molar refractivity (Wildman–Crippen MR) is 110 cm³/mol. The molecule has 0 aliphatic carbocycles. The molecule has 10 heteroatoms. The van der Waals surface area contributed by atoms with Crippen LogP contribution in [0.2, 0.25) is 10.0 Å². The number of nitrogens with one attached hydrogen (secondary N) is 2. The van der Waals surface area contributed by atoms with Crippen LogP contribution in [0.4, 0.5) is 0 Å². The molecule has 3 rings (SSSR count). The molecule has 27 heavy (non-hydrogen) atoms. The molecule has 1 atom stereocenters. The van der Waals surface area contributed by atoms with E-state index in [1.54, 1.807) is 18.2 Å². The van der Waals surface area contributed by atoms with Crippen molar-refractivity contribution in [3.63, 3.8) is 0 Å². The van der Waals surface area contributed by atoms with Crippen molar-refractivity contribution in [1.29, 1.82) is 0 Å². The Bertz CT molecular complexity index is 845. The summed E-state index contributed by atoms with van der Waals surface area (Å²) >= 11 is 18.3. The Morgan fingerprint density at radius 1 is 1.37 bits per heavy atom. The number of carbonyl (C=O) groups is 1. The van der Waals surface area contributed by atoms with Crippen molar-refractivity contribution in [2.45, 2.75) is 17.8 Å². The number of ether oxygens (including phenoxy) is 1. The standard InChI is InChI=1S/C17H18Cl2N4O2S2/c18-12-2-1-11(7-13(12)19)8-23-5-6-25-15(9-23)20-14(24)10-27-17-4-3-16(26)21-22-17/h1-4,7,15H,5-6,8-10H2,(H,20,24)(H,21,26)/t15-/m1/s1. The van der Waals surface area contributed by atoms with E-state index in [0.717, 1.165) is 12.1 Å². The highest BCUT2D eigenvalue weighted by Crippen LogP contribution is 2.23. The van der Waals surface area contributed by atoms with Gasteiger partial charge in [-0.2, -0.15) is 5.10 Å². The Hall–Kier alpha value is -1.16. The van der Waals surface area contributed by atoms with Gasteiger partial charge in [-0.3, -0.25) is 14.8 Å². The quantitative estimate of drug-likeness (QED) is 0.524. The first-order chi connectivity index (χ1) is 13.0. The summed E-state index contributed by atoms with van der Waals surface area (Å²) in [7, 11) is 0. The molecule has 0 unspecified atom stereocenters. The van der Waals surface area contributed by atoms with Crippen molar-refractivity contribution in [3.05, 3.63) is 50.6 Å². The average Bonchev–Trinajstić information content (AvgIpc) is 2.65. The Kier molecular flexibility index (Phi) is 7.51. The number of H-pyrrole nitrogens is 1. The molecule has 1 aromatic heterocycles. The molecule has 1 fully saturated rings. The van der Waals surface area contributed by atoms with Gasteiger partial charge in [-0.25, -0.2) is 0 Å². The molecule has 6 nitrogen and oxygen atoms in total. The van der Waals surface area contributed by atoms with Crippen LogP contribution in [0, 0.1) is 4.64 Å². The van der Waals surface area contributed by atoms with Gasteiger partial charge >= 0.3 is 0 Å². The maximum absolute atomic E-state index is 12.2. The average molecular weight is 445 g/mol. The maximum atomic E-state index is 12.2. The van der Waals surface area contributed by atoms with E-state index in [4.69, 9.17) is 40.2 Å². The van der Waals surface area contributed by atoms with E-state index >= 15 is 0 Å². The minimum atomic E-state index is -0.343. The Balaban J connectivity index is 1.47. The summed E-state index contributed by atoms with van der Waals surface area (Å²) in [4.78, 5) is 14.4. The van der Waals surface area contributed by atoms with Crippen LogP contribution in [0.5, 0.6) is 0 Å². The van der Waals surface area contributed by atoms with Gasteiger partial charge in [-0.1, -0.05) is 53.2 Å². The molecule has 1 aromatic carbocycles. The van der Waals surface area contributed by atoms with Gasteiger partial charge in [0.25, 0.3) is 0 Å². The monoisotopic (exact) mass is 444 g/mol. The molecule has 1 amide bonds. The van der Waals surface area contributed by atoms with E-state index in [-0.39, 0.29) is 17.9 Å². The molecular formula is C17H18Cl2N4O2S2. The van der Waals surface area contributed by atoms with Crippen LogP contribution in [0.1, 0.15) is 5.56 Å². The predicted octanol–water partition coefficient (Wildman–Crippen LogP) is 3.51. The maximum Gasteiger partial charge on any atom is 0.232 e. The van der Waals surface area contributed by atoms with Crippen molar-refractivity contribution in [2.75, 3.05) is 25.4 Å². The number of thioether (sulfide) groups is 1. The minimum Gasteiger partial charge on any atom is -0.356 e. The summed E-state index contributed by atoms with van der Waals surface area (Å²) in [6.07, 6.45) is -0.343. The molecule has 2 heterocycles. The first kappa shape index (κ1) is 20.6. The van der Waals surface area contributed by atoms with Crippen molar-refractivity contribution in [2.24, 2.45) is 0 Å². The number of amides is 1. The number of hydrogen-bond donors (Lipinski definition) is 2. The van der Waals surface area contributed by atoms with E-state index < -0.39 is 0 Å². The van der Waals surface area contributed by atoms with Gasteiger partial charge in [-0.05, 0) is 29.8 Å². The van der Waals surface area contributed by atoms with Gasteiger partial charge < -0.3 is 10.1 Å². The largest absolute Gasteiger partial charge is 0.356 e. The van der Waals surface area contributed by atoms with E-state index in [1.165, 1.54) is 11.8 Å². The lowest BCUT2D eigenvalue weighted by molar-refractivity contribution is -0.126. The van der Waals surface area contributed by atoms with Crippen LogP contribution in [0.25, 0.3) is 0 Å². The number of hydrogen-bond acceptors (Lipinski definition) is 6. The molecular weight excluding hydrogens is 427 g/mol. The molecule has 2 N–H and O–H groups in total. The van der Waals surface area contributed by atoms with E-state index in [2.05, 4.69) is 20.4 Å². The first-order valence-electron chi connectivity index (χ1n) is 8.25. The minimum absolute atomic E-state index is 0.106. The number of morpholine rings is 1. The number of carbonyl (C=O) groups excluding carboxylic acids is 1. The third-order valence-electron chi connectivity index (χ3n) is 3.87. The summed E-state index contributed by atoms with van der Waals surface area (Å²) < 4.78 is 6.22. The van der Waals surface area contributed by atoms with Gasteiger partial charge in [0, 0.05) is 19.6 Å². The van der Waals surface area contributed by atoms with Gasteiger partial charge in [0.15, 0.2) is 0 Å². The molecule has 1 aliphatic rings. The second-order valence-corrected chi connectivity index (χ2v) is 8.21. The SMILES string of the molecule is O=C(CSc1ccc(=S)[nH]n1)N[C@H]1CN(Cc2ccc(Cl)c(Cl)c2)CCO1. The highest BCUT2D eigenvalue weighted by atomic mass is 35.5. The zero-order valence-electron chi connectivity index (χ0n) is 14.3. The topological polar surface area (TPSA) is 70.2 Å². The Labute approximate surface area is 176 Å². The zero-order valence-corrected chi connectivity index (χ0v) is 17.4. The lowest BCUT2D eigenvalue weighted by Crippen LogP contribution is -2.50. The number of halogens is 2. The third-order valence-corrected chi connectivity index (χ3v) is 5.76. The van der Waals surface area contributed by atoms with Gasteiger partial charge in [0.2, 0.25) is 5.91 Å². The Morgan fingerprint density at radius 3 is 2.96 bits per heavy atom. The number of aromatic nitrogens is 2. The van der Waals surface area contributed by atoms with Crippen LogP contribution in [-0.4, -0.2) is 52.7 Å². The van der Waals surface area contributed by atoms with Crippen molar-refractivity contribution < 1.29 is 9.53 Å². The fourth-order valence-electron chi connectivity index (χ4n) is 2.60. The molecule has 144 valence electrons. The number of benzene rings is 1.